The van der Waals surface area contributed by atoms with Gasteiger partial charge in [-0.25, -0.2) is 18.4 Å². The second-order valence-electron chi connectivity index (χ2n) is 7.66. The van der Waals surface area contributed by atoms with Crippen LogP contribution in [0.1, 0.15) is 12.5 Å². The van der Waals surface area contributed by atoms with Crippen molar-refractivity contribution in [3.8, 4) is 0 Å². The molecular weight excluding hydrogens is 482 g/mol. The first-order valence-electron chi connectivity index (χ1n) is 9.84. The Kier molecular flexibility index (Phi) is 5.89. The Hall–Kier alpha value is -2.66. The van der Waals surface area contributed by atoms with Crippen molar-refractivity contribution >= 4 is 54.5 Å². The van der Waals surface area contributed by atoms with Gasteiger partial charge in [0.05, 0.1) is 11.6 Å². The SMILES string of the molecule is Cc1c[nH]c2ncnc(N3CCN(C(=NS(C)(=O)=O)Nc4cccc(Br)c4)[C@@H](C)C3)c12. The van der Waals surface area contributed by atoms with Crippen molar-refractivity contribution in [3.63, 3.8) is 0 Å². The zero-order chi connectivity index (χ0) is 22.2. The molecule has 0 amide bonds. The Morgan fingerprint density at radius 2 is 2.13 bits per heavy atom. The lowest BCUT2D eigenvalue weighted by Crippen LogP contribution is -2.56. The van der Waals surface area contributed by atoms with Crippen LogP contribution in [0.25, 0.3) is 11.0 Å². The number of fused-ring (bicyclic) bond motifs is 1. The molecule has 164 valence electrons. The molecule has 9 nitrogen and oxygen atoms in total. The van der Waals surface area contributed by atoms with E-state index in [2.05, 4.69) is 52.4 Å². The third kappa shape index (κ3) is 4.82. The summed E-state index contributed by atoms with van der Waals surface area (Å²) >= 11 is 3.44. The van der Waals surface area contributed by atoms with Crippen molar-refractivity contribution in [2.24, 2.45) is 4.40 Å². The van der Waals surface area contributed by atoms with E-state index in [-0.39, 0.29) is 6.04 Å². The first kappa shape index (κ1) is 21.6. The van der Waals surface area contributed by atoms with E-state index in [0.717, 1.165) is 38.8 Å². The summed E-state index contributed by atoms with van der Waals surface area (Å²) in [6, 6.07) is 7.54. The Bertz CT molecular complexity index is 1240. The lowest BCUT2D eigenvalue weighted by atomic mass is 10.1. The summed E-state index contributed by atoms with van der Waals surface area (Å²) in [5, 5.41) is 4.20. The smallest absolute Gasteiger partial charge is 0.253 e. The fourth-order valence-corrected chi connectivity index (χ4v) is 4.67. The second-order valence-corrected chi connectivity index (χ2v) is 10.2. The topological polar surface area (TPSA) is 107 Å². The van der Waals surface area contributed by atoms with Gasteiger partial charge in [0, 0.05) is 42.0 Å². The molecule has 0 aliphatic carbocycles. The van der Waals surface area contributed by atoms with Gasteiger partial charge in [-0.3, -0.25) is 0 Å². The molecule has 2 aromatic heterocycles. The Morgan fingerprint density at radius 3 is 2.84 bits per heavy atom. The lowest BCUT2D eigenvalue weighted by molar-refractivity contribution is 0.297. The number of nitrogens with zero attached hydrogens (tertiary/aromatic N) is 5. The van der Waals surface area contributed by atoms with Crippen LogP contribution in [0.3, 0.4) is 0 Å². The molecule has 1 saturated heterocycles. The van der Waals surface area contributed by atoms with Crippen molar-refractivity contribution in [1.82, 2.24) is 19.9 Å². The standard InChI is InChI=1S/C20H24BrN7O2S/c1-13-10-22-18-17(13)19(24-12-23-18)27-7-8-28(14(2)11-27)20(26-31(3,29)30)25-16-6-4-5-15(21)9-16/h4-6,9-10,12,14H,7-8,11H2,1-3H3,(H,25,26)(H,22,23,24)/t14-/m0/s1. The van der Waals surface area contributed by atoms with Crippen molar-refractivity contribution < 1.29 is 8.42 Å². The zero-order valence-corrected chi connectivity index (χ0v) is 19.9. The van der Waals surface area contributed by atoms with Crippen molar-refractivity contribution in [2.75, 3.05) is 36.1 Å². The molecule has 0 unspecified atom stereocenters. The van der Waals surface area contributed by atoms with E-state index in [0.29, 0.717) is 25.6 Å². The molecule has 4 rings (SSSR count). The van der Waals surface area contributed by atoms with E-state index in [9.17, 15) is 8.42 Å². The highest BCUT2D eigenvalue weighted by Crippen LogP contribution is 2.28. The first-order valence-corrected chi connectivity index (χ1v) is 12.5. The van der Waals surface area contributed by atoms with Crippen LogP contribution in [0.4, 0.5) is 11.5 Å². The summed E-state index contributed by atoms with van der Waals surface area (Å²) in [7, 11) is -3.59. The molecule has 1 fully saturated rings. The molecule has 31 heavy (non-hydrogen) atoms. The van der Waals surface area contributed by atoms with Crippen molar-refractivity contribution in [2.45, 2.75) is 19.9 Å². The predicted molar refractivity (Wildman–Crippen MR) is 127 cm³/mol. The van der Waals surface area contributed by atoms with E-state index in [1.165, 1.54) is 0 Å². The van der Waals surface area contributed by atoms with Crippen LogP contribution in [0.5, 0.6) is 0 Å². The molecule has 3 heterocycles. The van der Waals surface area contributed by atoms with Crippen LogP contribution in [-0.4, -0.2) is 66.2 Å². The van der Waals surface area contributed by atoms with Gasteiger partial charge in [0.25, 0.3) is 10.0 Å². The number of halogens is 1. The molecule has 1 aliphatic rings. The molecule has 0 bridgehead atoms. The number of hydrogen-bond acceptors (Lipinski definition) is 5. The number of benzene rings is 1. The number of aromatic amines is 1. The van der Waals surface area contributed by atoms with Gasteiger partial charge in [0.15, 0.2) is 0 Å². The first-order chi connectivity index (χ1) is 14.7. The molecule has 3 aromatic rings. The quantitative estimate of drug-likeness (QED) is 0.416. The average molecular weight is 506 g/mol. The molecule has 0 saturated carbocycles. The number of rotatable bonds is 3. The fourth-order valence-electron chi connectivity index (χ4n) is 3.80. The van der Waals surface area contributed by atoms with Gasteiger partial charge < -0.3 is 20.1 Å². The number of guanidine groups is 1. The van der Waals surface area contributed by atoms with Crippen LogP contribution < -0.4 is 10.2 Å². The number of sulfonamides is 1. The number of hydrogen-bond donors (Lipinski definition) is 2. The van der Waals surface area contributed by atoms with Crippen molar-refractivity contribution in [1.29, 1.82) is 0 Å². The van der Waals surface area contributed by atoms with Gasteiger partial charge in [-0.1, -0.05) is 22.0 Å². The van der Waals surface area contributed by atoms with Gasteiger partial charge in [-0.2, -0.15) is 0 Å². The summed E-state index contributed by atoms with van der Waals surface area (Å²) < 4.78 is 28.9. The van der Waals surface area contributed by atoms with E-state index in [1.54, 1.807) is 6.33 Å². The maximum absolute atomic E-state index is 12.0. The lowest BCUT2D eigenvalue weighted by Gasteiger charge is -2.42. The number of aryl methyl sites for hydroxylation is 1. The van der Waals surface area contributed by atoms with E-state index >= 15 is 0 Å². The highest BCUT2D eigenvalue weighted by Gasteiger charge is 2.29. The molecule has 1 aliphatic heterocycles. The normalized spacial score (nSPS) is 17.9. The predicted octanol–water partition coefficient (Wildman–Crippen LogP) is 2.97. The monoisotopic (exact) mass is 505 g/mol. The van der Waals surface area contributed by atoms with Gasteiger partial charge in [-0.15, -0.1) is 4.40 Å². The van der Waals surface area contributed by atoms with Gasteiger partial charge in [-0.05, 0) is 37.6 Å². The maximum Gasteiger partial charge on any atom is 0.253 e. The highest BCUT2D eigenvalue weighted by molar-refractivity contribution is 9.10. The van der Waals surface area contributed by atoms with Crippen LogP contribution in [-0.2, 0) is 10.0 Å². The number of nitrogens with one attached hydrogen (secondary N) is 2. The molecule has 1 atom stereocenters. The van der Waals surface area contributed by atoms with Crippen LogP contribution >= 0.6 is 15.9 Å². The van der Waals surface area contributed by atoms with Gasteiger partial charge in [0.1, 0.15) is 17.8 Å². The molecule has 11 heteroatoms. The average Bonchev–Trinajstić information content (AvgIpc) is 3.08. The van der Waals surface area contributed by atoms with Gasteiger partial charge in [0.2, 0.25) is 5.96 Å². The van der Waals surface area contributed by atoms with Crippen molar-refractivity contribution in [3.05, 3.63) is 46.8 Å². The summed E-state index contributed by atoms with van der Waals surface area (Å²) in [4.78, 5) is 16.2. The fraction of sp³-hybridized carbons (Fsp3) is 0.350. The summed E-state index contributed by atoms with van der Waals surface area (Å²) in [5.41, 5.74) is 2.66. The Labute approximate surface area is 189 Å². The minimum atomic E-state index is -3.59. The van der Waals surface area contributed by atoms with Crippen LogP contribution in [0.2, 0.25) is 0 Å². The Morgan fingerprint density at radius 1 is 1.32 bits per heavy atom. The third-order valence-electron chi connectivity index (χ3n) is 5.18. The number of H-pyrrole nitrogens is 1. The minimum absolute atomic E-state index is 0.00170. The summed E-state index contributed by atoms with van der Waals surface area (Å²) in [5.74, 6) is 1.20. The molecular formula is C20H24BrN7O2S. The number of anilines is 2. The minimum Gasteiger partial charge on any atom is -0.352 e. The number of piperazine rings is 1. The summed E-state index contributed by atoms with van der Waals surface area (Å²) in [6.07, 6.45) is 4.60. The second kappa shape index (κ2) is 8.46. The molecule has 2 N–H and O–H groups in total. The molecule has 1 aromatic carbocycles. The van der Waals surface area contributed by atoms with Gasteiger partial charge >= 0.3 is 0 Å². The maximum atomic E-state index is 12.0. The summed E-state index contributed by atoms with van der Waals surface area (Å²) in [6.45, 7) is 6.01. The van der Waals surface area contributed by atoms with E-state index < -0.39 is 10.0 Å². The number of aromatic nitrogens is 3. The Balaban J connectivity index is 1.60. The highest BCUT2D eigenvalue weighted by atomic mass is 79.9. The van der Waals surface area contributed by atoms with E-state index in [4.69, 9.17) is 0 Å². The third-order valence-corrected chi connectivity index (χ3v) is 6.18. The zero-order valence-electron chi connectivity index (χ0n) is 17.5. The van der Waals surface area contributed by atoms with Crippen LogP contribution in [0.15, 0.2) is 45.7 Å². The molecule has 0 spiro atoms. The molecule has 0 radical (unpaired) electrons. The van der Waals surface area contributed by atoms with Crippen LogP contribution in [0, 0.1) is 6.92 Å². The van der Waals surface area contributed by atoms with E-state index in [1.807, 2.05) is 42.3 Å². The largest absolute Gasteiger partial charge is 0.352 e.